The van der Waals surface area contributed by atoms with Gasteiger partial charge in [0.25, 0.3) is 0 Å². The third-order valence-corrected chi connectivity index (χ3v) is 10.1. The summed E-state index contributed by atoms with van der Waals surface area (Å²) in [6.45, 7) is 3.30. The van der Waals surface area contributed by atoms with Gasteiger partial charge < -0.3 is 39.4 Å². The Morgan fingerprint density at radius 3 is 1.47 bits per heavy atom. The Labute approximate surface area is 357 Å². The fourth-order valence-electron chi connectivity index (χ4n) is 6.39. The third-order valence-electron chi connectivity index (χ3n) is 10.1. The Morgan fingerprint density at radius 2 is 0.966 bits per heavy atom. The summed E-state index contributed by atoms with van der Waals surface area (Å²) in [7, 11) is 0. The van der Waals surface area contributed by atoms with Crippen LogP contribution in [-0.4, -0.2) is 89.0 Å². The highest BCUT2D eigenvalue weighted by molar-refractivity contribution is 5.70. The summed E-state index contributed by atoms with van der Waals surface area (Å²) in [5.74, 6) is -0.886. The number of hydrogen-bond donors (Lipinski definition) is 4. The number of rotatable bonds is 37. The van der Waals surface area contributed by atoms with Crippen LogP contribution in [-0.2, 0) is 28.5 Å². The van der Waals surface area contributed by atoms with Gasteiger partial charge in [0.15, 0.2) is 12.4 Å². The van der Waals surface area contributed by atoms with Gasteiger partial charge in [-0.3, -0.25) is 9.59 Å². The fraction of sp³-hybridized carbons (Fsp3) is 0.714. The largest absolute Gasteiger partial charge is 0.462 e. The molecule has 6 atom stereocenters. The molecule has 0 radical (unpaired) electrons. The first-order valence-corrected chi connectivity index (χ1v) is 23.0. The van der Waals surface area contributed by atoms with E-state index in [9.17, 15) is 30.0 Å². The first-order valence-electron chi connectivity index (χ1n) is 23.0. The van der Waals surface area contributed by atoms with E-state index in [1.807, 2.05) is 6.08 Å². The average molecular weight is 831 g/mol. The van der Waals surface area contributed by atoms with E-state index in [0.717, 1.165) is 57.8 Å². The zero-order valence-corrected chi connectivity index (χ0v) is 36.7. The summed E-state index contributed by atoms with van der Waals surface area (Å²) in [6, 6.07) is 0. The molecule has 0 aliphatic carbocycles. The van der Waals surface area contributed by atoms with E-state index in [-0.39, 0.29) is 26.1 Å². The molecule has 1 aliphatic heterocycles. The molecule has 338 valence electrons. The molecule has 10 heteroatoms. The number of carbonyl (C=O) groups is 2. The maximum Gasteiger partial charge on any atom is 0.306 e. The summed E-state index contributed by atoms with van der Waals surface area (Å²) < 4.78 is 22.1. The molecular formula is C49H82O10. The lowest BCUT2D eigenvalue weighted by Crippen LogP contribution is -2.59. The monoisotopic (exact) mass is 831 g/mol. The SMILES string of the molecule is CCCCC/C=C/C/C=C/C/C=C/C/C=C/CCCC(=O)O[C@@H](COC(=O)CCCCCCCCC/C=C/C/C=C/CCCCC)CO[C@H]1O[C@@H](CO)[C@@H](O)C(O)C1O. The third kappa shape index (κ3) is 30.8. The highest BCUT2D eigenvalue weighted by Crippen LogP contribution is 2.22. The van der Waals surface area contributed by atoms with Gasteiger partial charge in [-0.2, -0.15) is 0 Å². The van der Waals surface area contributed by atoms with Crippen molar-refractivity contribution in [3.63, 3.8) is 0 Å². The summed E-state index contributed by atoms with van der Waals surface area (Å²) in [5, 5.41) is 40.1. The van der Waals surface area contributed by atoms with Crippen molar-refractivity contribution in [2.45, 2.75) is 205 Å². The van der Waals surface area contributed by atoms with Gasteiger partial charge in [-0.25, -0.2) is 0 Å². The van der Waals surface area contributed by atoms with E-state index in [2.05, 4.69) is 80.7 Å². The lowest BCUT2D eigenvalue weighted by Gasteiger charge is -2.39. The average Bonchev–Trinajstić information content (AvgIpc) is 3.23. The molecule has 1 aliphatic rings. The number of allylic oxidation sites excluding steroid dienone is 12. The van der Waals surface area contributed by atoms with Crippen LogP contribution in [0.25, 0.3) is 0 Å². The van der Waals surface area contributed by atoms with Crippen molar-refractivity contribution in [2.24, 2.45) is 0 Å². The molecule has 0 aromatic rings. The molecule has 1 rings (SSSR count). The van der Waals surface area contributed by atoms with Gasteiger partial charge in [-0.15, -0.1) is 0 Å². The molecule has 0 bridgehead atoms. The number of unbranched alkanes of at least 4 members (excludes halogenated alkanes) is 14. The van der Waals surface area contributed by atoms with Crippen LogP contribution in [0, 0.1) is 0 Å². The molecule has 0 amide bonds. The smallest absolute Gasteiger partial charge is 0.306 e. The molecule has 10 nitrogen and oxygen atoms in total. The standard InChI is InChI=1S/C49H82O10/c1-3-5-7-9-11-13-15-17-19-21-23-25-27-29-31-33-35-37-44(51)56-40-42(41-57-49-48(55)47(54)46(53)43(39-50)59-49)58-45(52)38-36-34-32-30-28-26-24-22-20-18-16-14-12-10-8-6-4-2/h11-14,17-20,24,26,30,32,42-43,46-50,53-55H,3-10,15-16,21-23,25,27-29,31,33-41H2,1-2H3/b13-11+,14-12+,19-17+,20-18+,26-24+,32-30+/t42-,43-,46+,47?,48?,49-/m0/s1. The van der Waals surface area contributed by atoms with Crippen molar-refractivity contribution in [1.29, 1.82) is 0 Å². The van der Waals surface area contributed by atoms with Crippen LogP contribution in [0.4, 0.5) is 0 Å². The van der Waals surface area contributed by atoms with E-state index in [1.54, 1.807) is 0 Å². The molecule has 1 heterocycles. The van der Waals surface area contributed by atoms with Crippen LogP contribution in [0.15, 0.2) is 72.9 Å². The maximum absolute atomic E-state index is 12.8. The van der Waals surface area contributed by atoms with E-state index >= 15 is 0 Å². The van der Waals surface area contributed by atoms with Crippen LogP contribution in [0.3, 0.4) is 0 Å². The summed E-state index contributed by atoms with van der Waals surface area (Å²) in [4.78, 5) is 25.3. The van der Waals surface area contributed by atoms with Crippen molar-refractivity contribution in [1.82, 2.24) is 0 Å². The van der Waals surface area contributed by atoms with Gasteiger partial charge in [0.2, 0.25) is 0 Å². The second kappa shape index (κ2) is 39.3. The number of aliphatic hydroxyl groups is 4. The van der Waals surface area contributed by atoms with Crippen LogP contribution in [0.1, 0.15) is 168 Å². The molecular weight excluding hydrogens is 749 g/mol. The van der Waals surface area contributed by atoms with E-state index < -0.39 is 55.4 Å². The van der Waals surface area contributed by atoms with Crippen molar-refractivity contribution in [2.75, 3.05) is 19.8 Å². The summed E-state index contributed by atoms with van der Waals surface area (Å²) in [6.07, 6.45) is 41.9. The molecule has 0 aromatic carbocycles. The van der Waals surface area contributed by atoms with Gasteiger partial charge in [0.1, 0.15) is 31.0 Å². The van der Waals surface area contributed by atoms with Gasteiger partial charge in [-0.05, 0) is 83.5 Å². The van der Waals surface area contributed by atoms with Crippen LogP contribution in [0.2, 0.25) is 0 Å². The maximum atomic E-state index is 12.8. The van der Waals surface area contributed by atoms with Crippen LogP contribution < -0.4 is 0 Å². The van der Waals surface area contributed by atoms with Gasteiger partial charge in [0.05, 0.1) is 13.2 Å². The number of carbonyl (C=O) groups excluding carboxylic acids is 2. The molecule has 59 heavy (non-hydrogen) atoms. The second-order valence-corrected chi connectivity index (χ2v) is 15.5. The molecule has 1 saturated heterocycles. The molecule has 0 aromatic heterocycles. The molecule has 0 saturated carbocycles. The Morgan fingerprint density at radius 1 is 0.525 bits per heavy atom. The highest BCUT2D eigenvalue weighted by Gasteiger charge is 2.44. The van der Waals surface area contributed by atoms with Gasteiger partial charge in [0, 0.05) is 12.8 Å². The quantitative estimate of drug-likeness (QED) is 0.0271. The first kappa shape index (κ1) is 54.2. The van der Waals surface area contributed by atoms with Gasteiger partial charge >= 0.3 is 11.9 Å². The molecule has 4 N–H and O–H groups in total. The van der Waals surface area contributed by atoms with Crippen molar-refractivity contribution in [3.05, 3.63) is 72.9 Å². The van der Waals surface area contributed by atoms with Crippen LogP contribution >= 0.6 is 0 Å². The van der Waals surface area contributed by atoms with Crippen molar-refractivity contribution < 1.29 is 49.0 Å². The minimum Gasteiger partial charge on any atom is -0.462 e. The second-order valence-electron chi connectivity index (χ2n) is 15.5. The predicted octanol–water partition coefficient (Wildman–Crippen LogP) is 10.00. The zero-order valence-electron chi connectivity index (χ0n) is 36.7. The fourth-order valence-corrected chi connectivity index (χ4v) is 6.39. The van der Waals surface area contributed by atoms with Crippen molar-refractivity contribution >= 4 is 11.9 Å². The first-order chi connectivity index (χ1) is 28.8. The summed E-state index contributed by atoms with van der Waals surface area (Å²) in [5.41, 5.74) is 0. The molecule has 2 unspecified atom stereocenters. The predicted molar refractivity (Wildman–Crippen MR) is 238 cm³/mol. The Hall–Kier alpha value is -2.86. The lowest BCUT2D eigenvalue weighted by molar-refractivity contribution is -0.305. The van der Waals surface area contributed by atoms with Crippen molar-refractivity contribution in [3.8, 4) is 0 Å². The Balaban J connectivity index is 2.38. The lowest BCUT2D eigenvalue weighted by atomic mass is 9.99. The molecule has 1 fully saturated rings. The number of hydrogen-bond acceptors (Lipinski definition) is 10. The topological polar surface area (TPSA) is 152 Å². The normalized spacial score (nSPS) is 20.7. The molecule has 0 spiro atoms. The van der Waals surface area contributed by atoms with Gasteiger partial charge in [-0.1, -0.05) is 145 Å². The highest BCUT2D eigenvalue weighted by atomic mass is 16.7. The van der Waals surface area contributed by atoms with E-state index in [1.165, 1.54) is 64.2 Å². The van der Waals surface area contributed by atoms with E-state index in [0.29, 0.717) is 19.3 Å². The minimum absolute atomic E-state index is 0.149. The van der Waals surface area contributed by atoms with E-state index in [4.69, 9.17) is 18.9 Å². The Bertz CT molecular complexity index is 1190. The number of aliphatic hydroxyl groups excluding tert-OH is 4. The summed E-state index contributed by atoms with van der Waals surface area (Å²) >= 11 is 0. The van der Waals surface area contributed by atoms with Crippen LogP contribution in [0.5, 0.6) is 0 Å². The zero-order chi connectivity index (χ0) is 43.0. The minimum atomic E-state index is -1.61. The number of esters is 2. The number of ether oxygens (including phenoxy) is 4. The Kier molecular flexibility index (Phi) is 36.1.